The van der Waals surface area contributed by atoms with Crippen molar-refractivity contribution in [1.82, 2.24) is 5.32 Å². The molecule has 7 atom stereocenters. The number of amides is 1. The highest BCUT2D eigenvalue weighted by Crippen LogP contribution is 2.66. The first-order chi connectivity index (χ1) is 14.5. The monoisotopic (exact) mass is 406 g/mol. The van der Waals surface area contributed by atoms with Crippen LogP contribution < -0.4 is 10.4 Å². The van der Waals surface area contributed by atoms with Crippen LogP contribution in [0.2, 0.25) is 0 Å². The first-order valence-electron chi connectivity index (χ1n) is 12.0. The maximum absolute atomic E-state index is 12.0. The van der Waals surface area contributed by atoms with E-state index in [1.807, 2.05) is 0 Å². The Hall–Kier alpha value is -1.81. The number of piperidine rings is 1. The van der Waals surface area contributed by atoms with E-state index >= 15 is 0 Å². The largest absolute Gasteiger partial charge is 0.353 e. The van der Waals surface area contributed by atoms with Crippen LogP contribution in [0.25, 0.3) is 0 Å². The van der Waals surface area contributed by atoms with Crippen LogP contribution in [0.5, 0.6) is 0 Å². The third kappa shape index (κ3) is 2.58. The van der Waals surface area contributed by atoms with Crippen LogP contribution in [0.4, 0.5) is 5.69 Å². The third-order valence-electron chi connectivity index (χ3n) is 9.73. The van der Waals surface area contributed by atoms with Crippen LogP contribution in [-0.4, -0.2) is 24.6 Å². The predicted octanol–water partition coefficient (Wildman–Crippen LogP) is 4.86. The fourth-order valence-electron chi connectivity index (χ4n) is 8.14. The van der Waals surface area contributed by atoms with Gasteiger partial charge in [0.15, 0.2) is 0 Å². The smallest absolute Gasteiger partial charge is 0.220 e. The molecule has 1 aromatic carbocycles. The van der Waals surface area contributed by atoms with E-state index in [1.165, 1.54) is 19.3 Å². The molecule has 2 aliphatic heterocycles. The Labute approximate surface area is 180 Å². The second-order valence-electron chi connectivity index (χ2n) is 10.9. The zero-order valence-corrected chi connectivity index (χ0v) is 18.3. The number of hydrogen-bond acceptors (Lipinski definition) is 3. The zero-order valence-electron chi connectivity index (χ0n) is 18.3. The number of anilines is 1. The molecule has 5 aliphatic rings. The van der Waals surface area contributed by atoms with E-state index in [0.717, 1.165) is 43.3 Å². The lowest BCUT2D eigenvalue weighted by Crippen LogP contribution is -2.60. The van der Waals surface area contributed by atoms with Crippen molar-refractivity contribution < 1.29 is 9.63 Å². The Bertz CT molecular complexity index is 882. The number of carbonyl (C=O) groups excluding carboxylic acids is 1. The van der Waals surface area contributed by atoms with E-state index in [2.05, 4.69) is 60.6 Å². The summed E-state index contributed by atoms with van der Waals surface area (Å²) in [7, 11) is 0. The second-order valence-corrected chi connectivity index (χ2v) is 10.9. The lowest BCUT2D eigenvalue weighted by molar-refractivity contribution is -0.134. The van der Waals surface area contributed by atoms with Crippen molar-refractivity contribution in [1.29, 1.82) is 0 Å². The average Bonchev–Trinajstić information content (AvgIpc) is 3.07. The first kappa shape index (κ1) is 18.9. The fraction of sp³-hybridized carbons (Fsp3) is 0.654. The molecule has 30 heavy (non-hydrogen) atoms. The topological polar surface area (TPSA) is 41.6 Å². The van der Waals surface area contributed by atoms with Crippen molar-refractivity contribution in [2.45, 2.75) is 70.9 Å². The number of hydrogen-bond donors (Lipinski definition) is 1. The summed E-state index contributed by atoms with van der Waals surface area (Å²) >= 11 is 0. The molecule has 6 rings (SSSR count). The van der Waals surface area contributed by atoms with Crippen molar-refractivity contribution in [2.75, 3.05) is 11.6 Å². The van der Waals surface area contributed by atoms with Gasteiger partial charge in [-0.25, -0.2) is 5.06 Å². The summed E-state index contributed by atoms with van der Waals surface area (Å²) in [5.74, 6) is 2.47. The molecular formula is C26H34N2O2. The van der Waals surface area contributed by atoms with Crippen molar-refractivity contribution in [2.24, 2.45) is 28.6 Å². The Morgan fingerprint density at radius 3 is 2.73 bits per heavy atom. The molecule has 2 heterocycles. The van der Waals surface area contributed by atoms with E-state index in [9.17, 15) is 4.79 Å². The standard InChI is InChI=1S/C26H34N2O2/c1-25-13-10-19-18(8-9-23-26(19,2)14-11-24(29)27-23)21(25)16-22-20(25)12-15-28(30-22)17-6-4-3-5-7-17/h3-7,12,18-19,21-23H,8-11,13-16H2,1-2H3,(H,27,29)/t18-,19+,21+,22-,23-,25-,26-/m1/s1. The highest BCUT2D eigenvalue weighted by molar-refractivity contribution is 5.77. The van der Waals surface area contributed by atoms with Crippen LogP contribution in [0.1, 0.15) is 58.8 Å². The second kappa shape index (κ2) is 6.59. The number of carbonyl (C=O) groups is 1. The summed E-state index contributed by atoms with van der Waals surface area (Å²) in [5, 5.41) is 5.44. The number of benzene rings is 1. The molecule has 0 unspecified atom stereocenters. The van der Waals surface area contributed by atoms with E-state index in [4.69, 9.17) is 4.84 Å². The Morgan fingerprint density at radius 2 is 1.90 bits per heavy atom. The Kier molecular flexibility index (Phi) is 4.16. The molecule has 4 nitrogen and oxygen atoms in total. The van der Waals surface area contributed by atoms with E-state index in [-0.39, 0.29) is 22.8 Å². The summed E-state index contributed by atoms with van der Waals surface area (Å²) < 4.78 is 0. The Morgan fingerprint density at radius 1 is 1.07 bits per heavy atom. The number of rotatable bonds is 1. The van der Waals surface area contributed by atoms with Crippen molar-refractivity contribution in [3.8, 4) is 0 Å². The Balaban J connectivity index is 1.27. The van der Waals surface area contributed by atoms with Gasteiger partial charge in [-0.15, -0.1) is 0 Å². The van der Waals surface area contributed by atoms with Gasteiger partial charge in [-0.05, 0) is 84.8 Å². The van der Waals surface area contributed by atoms with Gasteiger partial charge in [-0.3, -0.25) is 9.63 Å². The van der Waals surface area contributed by atoms with Gasteiger partial charge in [-0.1, -0.05) is 38.1 Å². The third-order valence-corrected chi connectivity index (χ3v) is 9.73. The summed E-state index contributed by atoms with van der Waals surface area (Å²) in [4.78, 5) is 18.6. The molecule has 160 valence electrons. The predicted molar refractivity (Wildman–Crippen MR) is 118 cm³/mol. The van der Waals surface area contributed by atoms with Gasteiger partial charge < -0.3 is 5.32 Å². The van der Waals surface area contributed by atoms with Gasteiger partial charge in [0, 0.05) is 12.5 Å². The maximum Gasteiger partial charge on any atom is 0.220 e. The number of fused-ring (bicyclic) bond motifs is 7. The molecule has 4 fully saturated rings. The van der Waals surface area contributed by atoms with Crippen LogP contribution in [0.15, 0.2) is 42.0 Å². The quantitative estimate of drug-likeness (QED) is 0.677. The molecule has 0 radical (unpaired) electrons. The van der Waals surface area contributed by atoms with Gasteiger partial charge in [0.2, 0.25) is 5.91 Å². The minimum atomic E-state index is 0.226. The highest BCUT2D eigenvalue weighted by atomic mass is 16.7. The summed E-state index contributed by atoms with van der Waals surface area (Å²) in [6.07, 6.45) is 10.6. The van der Waals surface area contributed by atoms with Crippen molar-refractivity contribution in [3.63, 3.8) is 0 Å². The minimum absolute atomic E-state index is 0.226. The SMILES string of the molecule is C[C@]12CCC(=O)N[C@@H]1CC[C@@H]1[C@@H]2CC[C@]2(C)C3=CCN(c4ccccc4)O[C@@H]3C[C@@H]12. The van der Waals surface area contributed by atoms with Crippen LogP contribution >= 0.6 is 0 Å². The highest BCUT2D eigenvalue weighted by Gasteiger charge is 2.61. The first-order valence-corrected chi connectivity index (χ1v) is 12.0. The van der Waals surface area contributed by atoms with E-state index in [1.54, 1.807) is 5.57 Å². The van der Waals surface area contributed by atoms with Gasteiger partial charge >= 0.3 is 0 Å². The lowest BCUT2D eigenvalue weighted by Gasteiger charge is -2.59. The van der Waals surface area contributed by atoms with Crippen LogP contribution in [-0.2, 0) is 9.63 Å². The fourth-order valence-corrected chi connectivity index (χ4v) is 8.14. The molecular weight excluding hydrogens is 372 g/mol. The molecule has 1 aromatic rings. The molecule has 3 saturated carbocycles. The molecule has 3 aliphatic carbocycles. The minimum Gasteiger partial charge on any atom is -0.353 e. The average molecular weight is 407 g/mol. The molecule has 1 N–H and O–H groups in total. The van der Waals surface area contributed by atoms with E-state index < -0.39 is 0 Å². The molecule has 0 bridgehead atoms. The zero-order chi connectivity index (χ0) is 20.5. The molecule has 4 heteroatoms. The molecule has 1 amide bonds. The number of hydroxylamine groups is 1. The van der Waals surface area contributed by atoms with Gasteiger partial charge in [0.25, 0.3) is 0 Å². The number of nitrogens with zero attached hydrogens (tertiary/aromatic N) is 1. The van der Waals surface area contributed by atoms with Gasteiger partial charge in [0.1, 0.15) is 6.10 Å². The normalized spacial score (nSPS) is 44.9. The van der Waals surface area contributed by atoms with Crippen LogP contribution in [0, 0.1) is 28.6 Å². The maximum atomic E-state index is 12.0. The van der Waals surface area contributed by atoms with Crippen molar-refractivity contribution >= 4 is 11.6 Å². The van der Waals surface area contributed by atoms with Gasteiger partial charge in [0.05, 0.1) is 12.2 Å². The lowest BCUT2D eigenvalue weighted by atomic mass is 9.47. The van der Waals surface area contributed by atoms with Gasteiger partial charge in [-0.2, -0.15) is 0 Å². The molecule has 0 aromatic heterocycles. The number of para-hydroxylation sites is 1. The van der Waals surface area contributed by atoms with E-state index in [0.29, 0.717) is 18.4 Å². The van der Waals surface area contributed by atoms with Crippen LogP contribution in [0.3, 0.4) is 0 Å². The summed E-state index contributed by atoms with van der Waals surface area (Å²) in [5.41, 5.74) is 3.28. The summed E-state index contributed by atoms with van der Waals surface area (Å²) in [6.45, 7) is 5.85. The summed E-state index contributed by atoms with van der Waals surface area (Å²) in [6, 6.07) is 10.9. The number of nitrogens with one attached hydrogen (secondary N) is 1. The molecule has 1 saturated heterocycles. The van der Waals surface area contributed by atoms with Crippen molar-refractivity contribution in [3.05, 3.63) is 42.0 Å². The molecule has 0 spiro atoms.